The number of ketones is 1. The minimum absolute atomic E-state index is 0.123. The van der Waals surface area contributed by atoms with Crippen LogP contribution in [0.1, 0.15) is 20.8 Å². The Labute approximate surface area is 129 Å². The zero-order valence-corrected chi connectivity index (χ0v) is 13.2. The number of hydrogen-bond donors (Lipinski definition) is 2. The Morgan fingerprint density at radius 1 is 1.33 bits per heavy atom. The predicted molar refractivity (Wildman–Crippen MR) is 88.0 cm³/mol. The summed E-state index contributed by atoms with van der Waals surface area (Å²) < 4.78 is 0. The maximum Gasteiger partial charge on any atom is 0.146 e. The third-order valence-electron chi connectivity index (χ3n) is 3.45. The summed E-state index contributed by atoms with van der Waals surface area (Å²) in [6.45, 7) is 6.24. The van der Waals surface area contributed by atoms with Crippen molar-refractivity contribution in [3.63, 3.8) is 0 Å². The molecule has 0 fully saturated rings. The fourth-order valence-electron chi connectivity index (χ4n) is 2.06. The van der Waals surface area contributed by atoms with Gasteiger partial charge in [0, 0.05) is 34.9 Å². The number of nitrogens with one attached hydrogen (secondary N) is 2. The molecule has 0 aliphatic carbocycles. The Balaban J connectivity index is 2.07. The van der Waals surface area contributed by atoms with Crippen molar-refractivity contribution in [1.29, 1.82) is 0 Å². The van der Waals surface area contributed by atoms with Crippen molar-refractivity contribution in [3.05, 3.63) is 35.5 Å². The van der Waals surface area contributed by atoms with Gasteiger partial charge in [-0.3, -0.25) is 9.78 Å². The molecule has 2 aromatic rings. The third kappa shape index (κ3) is 4.16. The van der Waals surface area contributed by atoms with Crippen molar-refractivity contribution in [3.8, 4) is 0 Å². The van der Waals surface area contributed by atoms with Crippen LogP contribution in [0, 0.1) is 0 Å². The van der Waals surface area contributed by atoms with Crippen molar-refractivity contribution in [2.45, 2.75) is 32.9 Å². The Morgan fingerprint density at radius 3 is 2.81 bits per heavy atom. The molecule has 0 spiro atoms. The van der Waals surface area contributed by atoms with E-state index in [1.165, 1.54) is 0 Å². The highest BCUT2D eigenvalue weighted by Crippen LogP contribution is 2.24. The summed E-state index contributed by atoms with van der Waals surface area (Å²) >= 11 is 5.99. The molecule has 0 aliphatic heterocycles. The first-order valence-corrected chi connectivity index (χ1v) is 7.40. The summed E-state index contributed by atoms with van der Waals surface area (Å²) in [5, 5.41) is 8.37. The molecule has 2 atom stereocenters. The van der Waals surface area contributed by atoms with Gasteiger partial charge < -0.3 is 10.6 Å². The predicted octanol–water partition coefficient (Wildman–Crippen LogP) is 3.26. The van der Waals surface area contributed by atoms with E-state index in [9.17, 15) is 4.79 Å². The number of aromatic nitrogens is 1. The Kier molecular flexibility index (Phi) is 5.15. The van der Waals surface area contributed by atoms with Crippen molar-refractivity contribution >= 4 is 34.0 Å². The van der Waals surface area contributed by atoms with E-state index in [0.717, 1.165) is 16.6 Å². The van der Waals surface area contributed by atoms with Gasteiger partial charge in [0.2, 0.25) is 0 Å². The van der Waals surface area contributed by atoms with Crippen molar-refractivity contribution in [1.82, 2.24) is 10.3 Å². The number of hydrogen-bond acceptors (Lipinski definition) is 4. The Bertz CT molecular complexity index is 644. The van der Waals surface area contributed by atoms with E-state index in [2.05, 4.69) is 22.5 Å². The zero-order valence-electron chi connectivity index (χ0n) is 12.5. The van der Waals surface area contributed by atoms with Crippen LogP contribution in [0.2, 0.25) is 5.02 Å². The summed E-state index contributed by atoms with van der Waals surface area (Å²) in [7, 11) is 0. The van der Waals surface area contributed by atoms with Gasteiger partial charge >= 0.3 is 0 Å². The van der Waals surface area contributed by atoms with E-state index in [1.807, 2.05) is 31.2 Å². The lowest BCUT2D eigenvalue weighted by Gasteiger charge is -2.19. The highest BCUT2D eigenvalue weighted by Gasteiger charge is 2.10. The second kappa shape index (κ2) is 6.87. The van der Waals surface area contributed by atoms with Crippen LogP contribution in [-0.4, -0.2) is 29.4 Å². The van der Waals surface area contributed by atoms with Crippen LogP contribution in [0.15, 0.2) is 30.5 Å². The van der Waals surface area contributed by atoms with Gasteiger partial charge in [0.1, 0.15) is 5.78 Å². The van der Waals surface area contributed by atoms with Crippen LogP contribution in [-0.2, 0) is 4.79 Å². The number of rotatable bonds is 6. The third-order valence-corrected chi connectivity index (χ3v) is 3.68. The van der Waals surface area contributed by atoms with Crippen LogP contribution in [0.4, 0.5) is 5.69 Å². The van der Waals surface area contributed by atoms with Gasteiger partial charge in [-0.1, -0.05) is 11.6 Å². The molecule has 2 rings (SSSR count). The second-order valence-corrected chi connectivity index (χ2v) is 5.74. The highest BCUT2D eigenvalue weighted by molar-refractivity contribution is 6.31. The number of halogens is 1. The molecule has 2 N–H and O–H groups in total. The molecule has 0 radical (unpaired) electrons. The topological polar surface area (TPSA) is 54.0 Å². The largest absolute Gasteiger partial charge is 0.381 e. The molecule has 0 saturated heterocycles. The van der Waals surface area contributed by atoms with Crippen LogP contribution >= 0.6 is 11.6 Å². The monoisotopic (exact) mass is 305 g/mol. The second-order valence-electron chi connectivity index (χ2n) is 5.31. The number of carbonyl (C=O) groups excluding carboxylic acids is 1. The number of pyridine rings is 1. The van der Waals surface area contributed by atoms with Crippen LogP contribution < -0.4 is 10.6 Å². The quantitative estimate of drug-likeness (QED) is 0.860. The number of benzene rings is 1. The minimum atomic E-state index is -0.123. The van der Waals surface area contributed by atoms with Gasteiger partial charge in [0.15, 0.2) is 0 Å². The van der Waals surface area contributed by atoms with Gasteiger partial charge in [-0.05, 0) is 45.0 Å². The van der Waals surface area contributed by atoms with Crippen LogP contribution in [0.5, 0.6) is 0 Å². The molecule has 0 saturated carbocycles. The zero-order chi connectivity index (χ0) is 15.4. The number of anilines is 1. The molecule has 1 aromatic carbocycles. The van der Waals surface area contributed by atoms with E-state index in [0.29, 0.717) is 11.6 Å². The fourth-order valence-corrected chi connectivity index (χ4v) is 2.23. The normalized spacial score (nSPS) is 13.9. The summed E-state index contributed by atoms with van der Waals surface area (Å²) in [6, 6.07) is 7.68. The Morgan fingerprint density at radius 2 is 2.10 bits per heavy atom. The molecule has 21 heavy (non-hydrogen) atoms. The van der Waals surface area contributed by atoms with Gasteiger partial charge in [0.25, 0.3) is 0 Å². The molecule has 5 heteroatoms. The van der Waals surface area contributed by atoms with Crippen LogP contribution in [0.25, 0.3) is 10.9 Å². The summed E-state index contributed by atoms with van der Waals surface area (Å²) in [5.74, 6) is 0.145. The standard InChI is InChI=1S/C16H20ClN3O/c1-10(9-19-11(2)12(3)21)20-15-6-7-18-16-8-13(17)4-5-14(15)16/h4-8,10-11,19H,9H2,1-3H3,(H,18,20). The van der Waals surface area contributed by atoms with Gasteiger partial charge in [-0.25, -0.2) is 0 Å². The molecule has 2 unspecified atom stereocenters. The van der Waals surface area contributed by atoms with Gasteiger partial charge in [0.05, 0.1) is 11.6 Å². The summed E-state index contributed by atoms with van der Waals surface area (Å²) in [5.41, 5.74) is 1.88. The lowest BCUT2D eigenvalue weighted by Crippen LogP contribution is -2.39. The fraction of sp³-hybridized carbons (Fsp3) is 0.375. The molecular formula is C16H20ClN3O. The summed E-state index contributed by atoms with van der Waals surface area (Å²) in [4.78, 5) is 15.5. The van der Waals surface area contributed by atoms with E-state index >= 15 is 0 Å². The van der Waals surface area contributed by atoms with E-state index in [4.69, 9.17) is 11.6 Å². The number of fused-ring (bicyclic) bond motifs is 1. The maximum absolute atomic E-state index is 11.2. The van der Waals surface area contributed by atoms with Crippen molar-refractivity contribution in [2.24, 2.45) is 0 Å². The maximum atomic E-state index is 11.2. The van der Waals surface area contributed by atoms with Crippen LogP contribution in [0.3, 0.4) is 0 Å². The van der Waals surface area contributed by atoms with E-state index < -0.39 is 0 Å². The summed E-state index contributed by atoms with van der Waals surface area (Å²) in [6.07, 6.45) is 1.76. The lowest BCUT2D eigenvalue weighted by molar-refractivity contribution is -0.118. The first-order chi connectivity index (χ1) is 9.97. The molecule has 1 heterocycles. The smallest absolute Gasteiger partial charge is 0.146 e. The highest BCUT2D eigenvalue weighted by atomic mass is 35.5. The number of Topliss-reactive ketones (excluding diaryl/α,β-unsaturated/α-hetero) is 1. The van der Waals surface area contributed by atoms with Gasteiger partial charge in [-0.15, -0.1) is 0 Å². The molecule has 4 nitrogen and oxygen atoms in total. The number of nitrogens with zero attached hydrogens (tertiary/aromatic N) is 1. The average Bonchev–Trinajstić information content (AvgIpc) is 2.44. The van der Waals surface area contributed by atoms with E-state index in [1.54, 1.807) is 13.1 Å². The molecule has 0 amide bonds. The average molecular weight is 306 g/mol. The molecule has 1 aromatic heterocycles. The number of carbonyl (C=O) groups is 1. The molecule has 0 aliphatic rings. The molecular weight excluding hydrogens is 286 g/mol. The lowest BCUT2D eigenvalue weighted by atomic mass is 10.1. The minimum Gasteiger partial charge on any atom is -0.381 e. The van der Waals surface area contributed by atoms with Crippen molar-refractivity contribution < 1.29 is 4.79 Å². The first-order valence-electron chi connectivity index (χ1n) is 7.02. The van der Waals surface area contributed by atoms with E-state index in [-0.39, 0.29) is 17.9 Å². The van der Waals surface area contributed by atoms with Gasteiger partial charge in [-0.2, -0.15) is 0 Å². The molecule has 0 bridgehead atoms. The Hall–Kier alpha value is -1.65. The van der Waals surface area contributed by atoms with Crippen molar-refractivity contribution in [2.75, 3.05) is 11.9 Å². The SMILES string of the molecule is CC(=O)C(C)NCC(C)Nc1ccnc2cc(Cl)ccc12. The first kappa shape index (κ1) is 15.7. The molecule has 112 valence electrons.